The van der Waals surface area contributed by atoms with Crippen molar-refractivity contribution < 1.29 is 23.5 Å². The molecule has 0 unspecified atom stereocenters. The fourth-order valence-electron chi connectivity index (χ4n) is 7.17. The monoisotopic (exact) mass is 567 g/mol. The highest BCUT2D eigenvalue weighted by Gasteiger charge is 2.75. The van der Waals surface area contributed by atoms with E-state index in [2.05, 4.69) is 5.32 Å². The average molecular weight is 568 g/mol. The molecule has 7 nitrogen and oxygen atoms in total. The molecule has 216 valence electrons. The maximum absolute atomic E-state index is 15.2. The first-order valence-corrected chi connectivity index (χ1v) is 14.1. The number of likely N-dealkylation sites (N-methyl/N-ethyl adjacent to an activating group) is 1. The van der Waals surface area contributed by atoms with Gasteiger partial charge in [0.1, 0.15) is 17.0 Å². The zero-order chi connectivity index (χ0) is 29.9. The van der Waals surface area contributed by atoms with Gasteiger partial charge in [0.15, 0.2) is 5.78 Å². The minimum absolute atomic E-state index is 0.0172. The Kier molecular flexibility index (Phi) is 6.57. The smallest absolute Gasteiger partial charge is 0.410 e. The normalized spacial score (nSPS) is 26.6. The molecular weight excluding hydrogens is 533 g/mol. The van der Waals surface area contributed by atoms with Crippen LogP contribution in [0.2, 0.25) is 0 Å². The third-order valence-corrected chi connectivity index (χ3v) is 8.71. The number of carbonyl (C=O) groups excluding carboxylic acids is 3. The first-order chi connectivity index (χ1) is 20.0. The second kappa shape index (κ2) is 9.91. The summed E-state index contributed by atoms with van der Waals surface area (Å²) < 4.78 is 20.8. The van der Waals surface area contributed by atoms with Gasteiger partial charge in [-0.3, -0.25) is 14.5 Å². The minimum Gasteiger partial charge on any atom is -0.444 e. The highest BCUT2D eigenvalue weighted by molar-refractivity contribution is 6.16. The first-order valence-electron chi connectivity index (χ1n) is 14.1. The van der Waals surface area contributed by atoms with Crippen LogP contribution < -0.4 is 5.32 Å². The van der Waals surface area contributed by atoms with Crippen molar-refractivity contribution in [2.24, 2.45) is 5.41 Å². The molecule has 2 amide bonds. The van der Waals surface area contributed by atoms with E-state index >= 15 is 4.79 Å². The summed E-state index contributed by atoms with van der Waals surface area (Å²) in [5.41, 5.74) is -0.979. The molecule has 8 heteroatoms. The molecule has 6 rings (SSSR count). The predicted octanol–water partition coefficient (Wildman–Crippen LogP) is 5.59. The largest absolute Gasteiger partial charge is 0.444 e. The molecule has 3 aromatic carbocycles. The van der Waals surface area contributed by atoms with Gasteiger partial charge in [0.2, 0.25) is 0 Å². The summed E-state index contributed by atoms with van der Waals surface area (Å²) in [5, 5.41) is 2.95. The topological polar surface area (TPSA) is 79.0 Å². The number of rotatable bonds is 2. The lowest BCUT2D eigenvalue weighted by molar-refractivity contribution is -0.146. The van der Waals surface area contributed by atoms with E-state index in [0.717, 1.165) is 11.1 Å². The molecule has 2 spiro atoms. The van der Waals surface area contributed by atoms with Crippen molar-refractivity contribution >= 4 is 29.5 Å². The van der Waals surface area contributed by atoms with Crippen molar-refractivity contribution in [2.45, 2.75) is 37.8 Å². The number of fused-ring (bicyclic) bond motifs is 3. The van der Waals surface area contributed by atoms with Crippen LogP contribution in [0.1, 0.15) is 43.4 Å². The predicted molar refractivity (Wildman–Crippen MR) is 158 cm³/mol. The summed E-state index contributed by atoms with van der Waals surface area (Å²) in [6.07, 6.45) is 1.20. The van der Waals surface area contributed by atoms with Crippen molar-refractivity contribution in [1.82, 2.24) is 9.80 Å². The van der Waals surface area contributed by atoms with Crippen molar-refractivity contribution in [3.63, 3.8) is 0 Å². The maximum atomic E-state index is 15.2. The van der Waals surface area contributed by atoms with Crippen LogP contribution in [0.15, 0.2) is 84.4 Å². The van der Waals surface area contributed by atoms with E-state index in [1.165, 1.54) is 23.1 Å². The number of amides is 2. The Morgan fingerprint density at radius 3 is 2.36 bits per heavy atom. The highest BCUT2D eigenvalue weighted by atomic mass is 19.1. The van der Waals surface area contributed by atoms with Crippen molar-refractivity contribution in [1.29, 1.82) is 0 Å². The van der Waals surface area contributed by atoms with Crippen LogP contribution in [0, 0.1) is 11.2 Å². The van der Waals surface area contributed by atoms with Gasteiger partial charge >= 0.3 is 6.09 Å². The zero-order valence-electron chi connectivity index (χ0n) is 24.2. The second-order valence-corrected chi connectivity index (χ2v) is 12.4. The van der Waals surface area contributed by atoms with Crippen LogP contribution in [0.25, 0.3) is 6.08 Å². The molecule has 2 fully saturated rings. The van der Waals surface area contributed by atoms with Crippen molar-refractivity contribution in [2.75, 3.05) is 32.0 Å². The number of hydrogen-bond acceptors (Lipinski definition) is 5. The Hall–Kier alpha value is -4.30. The average Bonchev–Trinajstić information content (AvgIpc) is 3.39. The van der Waals surface area contributed by atoms with Crippen LogP contribution in [0.5, 0.6) is 0 Å². The fraction of sp³-hybridized carbons (Fsp3) is 0.324. The number of nitrogens with zero attached hydrogens (tertiary/aromatic N) is 2. The quantitative estimate of drug-likeness (QED) is 0.409. The summed E-state index contributed by atoms with van der Waals surface area (Å²) in [6, 6.07) is 23.2. The van der Waals surface area contributed by atoms with Gasteiger partial charge in [-0.2, -0.15) is 0 Å². The molecular formula is C34H34FN3O4. The number of likely N-dealkylation sites (tertiary alicyclic amines) is 2. The maximum Gasteiger partial charge on any atom is 0.410 e. The first kappa shape index (κ1) is 27.8. The SMILES string of the molecule is CN1C[C@H](c2ccccc2)[C@]2(CN(C(=O)OC(C)(C)C)C/C(=C\c3ccccc3)C2=O)[C@]12C(=O)Nc1ccc(F)cc12. The number of hydrogen-bond donors (Lipinski definition) is 1. The summed E-state index contributed by atoms with van der Waals surface area (Å²) in [4.78, 5) is 46.7. The summed E-state index contributed by atoms with van der Waals surface area (Å²) >= 11 is 0. The number of nitrogens with one attached hydrogen (secondary N) is 1. The summed E-state index contributed by atoms with van der Waals surface area (Å²) in [6.45, 7) is 5.63. The van der Waals surface area contributed by atoms with E-state index in [9.17, 15) is 14.0 Å². The number of anilines is 1. The summed E-state index contributed by atoms with van der Waals surface area (Å²) in [5.74, 6) is -1.66. The van der Waals surface area contributed by atoms with E-state index in [4.69, 9.17) is 4.74 Å². The molecule has 0 saturated carbocycles. The van der Waals surface area contributed by atoms with E-state index in [-0.39, 0.29) is 18.9 Å². The number of Topliss-reactive ketones (excluding diaryl/α,β-unsaturated/α-hetero) is 1. The molecule has 3 heterocycles. The molecule has 3 aliphatic rings. The fourth-order valence-corrected chi connectivity index (χ4v) is 7.17. The minimum atomic E-state index is -1.58. The zero-order valence-corrected chi connectivity index (χ0v) is 24.2. The van der Waals surface area contributed by atoms with Gasteiger partial charge in [-0.1, -0.05) is 60.7 Å². The Labute approximate surface area is 245 Å². The molecule has 0 aliphatic carbocycles. The van der Waals surface area contributed by atoms with Crippen molar-refractivity contribution in [3.8, 4) is 0 Å². The van der Waals surface area contributed by atoms with E-state index in [1.54, 1.807) is 33.9 Å². The third-order valence-electron chi connectivity index (χ3n) is 8.71. The Balaban J connectivity index is 1.65. The molecule has 3 aromatic rings. The Morgan fingerprint density at radius 1 is 1.02 bits per heavy atom. The number of benzene rings is 3. The standard InChI is InChI=1S/C34H34FN3O4/c1-32(2,3)42-31(41)38-19-24(17-22-11-7-5-8-12-22)29(39)33(21-38)27(23-13-9-6-10-14-23)20-37(4)34(33)26-18-25(35)15-16-28(26)36-30(34)40/h5-18,27H,19-21H2,1-4H3,(H,36,40)/b24-17+/t27-,33+,34+/m1/s1. The number of ether oxygens (including phenoxy) is 1. The highest BCUT2D eigenvalue weighted by Crippen LogP contribution is 2.64. The molecule has 0 bridgehead atoms. The van der Waals surface area contributed by atoms with Gasteiger partial charge in [-0.15, -0.1) is 0 Å². The molecule has 0 aromatic heterocycles. The lowest BCUT2D eigenvalue weighted by atomic mass is 9.56. The van der Waals surface area contributed by atoms with Gasteiger partial charge in [0.25, 0.3) is 5.91 Å². The Morgan fingerprint density at radius 2 is 1.69 bits per heavy atom. The molecule has 1 N–H and O–H groups in total. The molecule has 42 heavy (non-hydrogen) atoms. The van der Waals surface area contributed by atoms with Gasteiger partial charge < -0.3 is 15.0 Å². The van der Waals surface area contributed by atoms with Gasteiger partial charge in [0.05, 0.1) is 12.0 Å². The molecule has 3 atom stereocenters. The number of piperidine rings is 1. The van der Waals surface area contributed by atoms with Gasteiger partial charge in [-0.05, 0) is 63.2 Å². The van der Waals surface area contributed by atoms with E-state index < -0.39 is 40.3 Å². The number of ketones is 1. The van der Waals surface area contributed by atoms with Crippen LogP contribution in [0.3, 0.4) is 0 Å². The summed E-state index contributed by atoms with van der Waals surface area (Å²) in [7, 11) is 1.80. The van der Waals surface area contributed by atoms with Crippen molar-refractivity contribution in [3.05, 3.63) is 107 Å². The second-order valence-electron chi connectivity index (χ2n) is 12.4. The van der Waals surface area contributed by atoms with Crippen LogP contribution in [-0.2, 0) is 19.9 Å². The van der Waals surface area contributed by atoms with E-state index in [0.29, 0.717) is 23.4 Å². The Bertz CT molecular complexity index is 1600. The van der Waals surface area contributed by atoms with Gasteiger partial charge in [0, 0.05) is 35.8 Å². The molecule has 2 saturated heterocycles. The number of carbonyl (C=O) groups is 3. The lowest BCUT2D eigenvalue weighted by Crippen LogP contribution is -2.66. The molecule has 3 aliphatic heterocycles. The van der Waals surface area contributed by atoms with Crippen LogP contribution in [0.4, 0.5) is 14.9 Å². The molecule has 0 radical (unpaired) electrons. The van der Waals surface area contributed by atoms with Gasteiger partial charge in [-0.25, -0.2) is 9.18 Å². The third kappa shape index (κ3) is 4.16. The number of halogens is 1. The van der Waals surface area contributed by atoms with E-state index in [1.807, 2.05) is 65.6 Å². The lowest BCUT2D eigenvalue weighted by Gasteiger charge is -2.51. The van der Waals surface area contributed by atoms with Crippen LogP contribution >= 0.6 is 0 Å². The van der Waals surface area contributed by atoms with Crippen LogP contribution in [-0.4, -0.2) is 59.9 Å².